The van der Waals surface area contributed by atoms with Crippen LogP contribution in [0.5, 0.6) is 5.75 Å². The van der Waals surface area contributed by atoms with Crippen molar-refractivity contribution in [3.8, 4) is 5.75 Å². The molecule has 2 aromatic rings. The zero-order chi connectivity index (χ0) is 21.4. The second-order valence-corrected chi connectivity index (χ2v) is 7.13. The summed E-state index contributed by atoms with van der Waals surface area (Å²) in [6, 6.07) is 5.99. The molecule has 1 heterocycles. The van der Waals surface area contributed by atoms with E-state index in [1.165, 1.54) is 23.5 Å². The molecule has 1 unspecified atom stereocenters. The quantitative estimate of drug-likeness (QED) is 0.282. The Kier molecular flexibility index (Phi) is 10.8. The van der Waals surface area contributed by atoms with Crippen LogP contribution in [-0.4, -0.2) is 42.9 Å². The van der Waals surface area contributed by atoms with Crippen molar-refractivity contribution in [3.63, 3.8) is 0 Å². The maximum Gasteiger partial charge on any atom is 0.573 e. The minimum Gasteiger partial charge on any atom is -0.405 e. The third-order valence-electron chi connectivity index (χ3n) is 3.96. The molecule has 11 heteroatoms. The highest BCUT2D eigenvalue weighted by molar-refractivity contribution is 14.0. The number of thiazole rings is 1. The lowest BCUT2D eigenvalue weighted by atomic mass is 10.2. The molecule has 2 rings (SSSR count). The average Bonchev–Trinajstić information content (AvgIpc) is 3.12. The standard InChI is InChI=1S/C19H25F3N4O2S.HI/c1-5-23-18(26(3)11-15-12-29-17(25-15)13(2)27-4)24-10-14-8-6-7-9-16(14)28-19(20,21)22;/h6-9,12-13H,5,10-11H2,1-4H3,(H,23,24);1H. The molecule has 1 aromatic heterocycles. The molecule has 0 bridgehead atoms. The number of hydrogen-bond donors (Lipinski definition) is 1. The molecule has 0 saturated heterocycles. The first-order valence-corrected chi connectivity index (χ1v) is 9.91. The van der Waals surface area contributed by atoms with Crippen LogP contribution in [-0.2, 0) is 17.8 Å². The van der Waals surface area contributed by atoms with Gasteiger partial charge in [0.1, 0.15) is 16.9 Å². The fourth-order valence-electron chi connectivity index (χ4n) is 2.49. The second-order valence-electron chi connectivity index (χ2n) is 6.24. The van der Waals surface area contributed by atoms with Gasteiger partial charge >= 0.3 is 6.36 Å². The van der Waals surface area contributed by atoms with Crippen LogP contribution in [0.1, 0.15) is 36.2 Å². The van der Waals surface area contributed by atoms with Crippen LogP contribution in [0.15, 0.2) is 34.6 Å². The zero-order valence-corrected chi connectivity index (χ0v) is 20.3. The molecule has 1 aromatic carbocycles. The van der Waals surface area contributed by atoms with E-state index in [9.17, 15) is 13.2 Å². The summed E-state index contributed by atoms with van der Waals surface area (Å²) in [7, 11) is 3.48. The van der Waals surface area contributed by atoms with Crippen LogP contribution in [0.25, 0.3) is 0 Å². The number of benzene rings is 1. The molecule has 1 N–H and O–H groups in total. The number of rotatable bonds is 8. The van der Waals surface area contributed by atoms with Gasteiger partial charge in [0.15, 0.2) is 5.96 Å². The van der Waals surface area contributed by atoms with E-state index in [-0.39, 0.29) is 42.4 Å². The van der Waals surface area contributed by atoms with E-state index in [0.717, 1.165) is 10.7 Å². The number of methoxy groups -OCH3 is 1. The molecular weight excluding hydrogens is 532 g/mol. The molecule has 168 valence electrons. The normalized spacial score (nSPS) is 12.8. The summed E-state index contributed by atoms with van der Waals surface area (Å²) in [6.45, 7) is 5.01. The van der Waals surface area contributed by atoms with Gasteiger partial charge < -0.3 is 19.7 Å². The number of guanidine groups is 1. The fraction of sp³-hybridized carbons (Fsp3) is 0.474. The lowest BCUT2D eigenvalue weighted by Gasteiger charge is -2.21. The van der Waals surface area contributed by atoms with Crippen molar-refractivity contribution >= 4 is 41.3 Å². The Balaban J connectivity index is 0.00000450. The lowest BCUT2D eigenvalue weighted by Crippen LogP contribution is -2.38. The first-order valence-electron chi connectivity index (χ1n) is 9.03. The molecule has 0 aliphatic heterocycles. The van der Waals surface area contributed by atoms with E-state index >= 15 is 0 Å². The van der Waals surface area contributed by atoms with Gasteiger partial charge in [0.05, 0.1) is 18.8 Å². The summed E-state index contributed by atoms with van der Waals surface area (Å²) in [5.41, 5.74) is 1.21. The molecule has 1 atom stereocenters. The first-order chi connectivity index (χ1) is 13.7. The van der Waals surface area contributed by atoms with E-state index in [1.807, 2.05) is 31.2 Å². The number of halogens is 4. The molecule has 0 fully saturated rings. The van der Waals surface area contributed by atoms with Crippen molar-refractivity contribution in [2.45, 2.75) is 39.4 Å². The van der Waals surface area contributed by atoms with Gasteiger partial charge in [0.2, 0.25) is 0 Å². The maximum atomic E-state index is 12.6. The van der Waals surface area contributed by atoms with Crippen LogP contribution in [0.4, 0.5) is 13.2 Å². The molecule has 6 nitrogen and oxygen atoms in total. The molecule has 0 aliphatic carbocycles. The topological polar surface area (TPSA) is 59.0 Å². The molecule has 0 saturated carbocycles. The van der Waals surface area contributed by atoms with Gasteiger partial charge in [-0.3, -0.25) is 0 Å². The van der Waals surface area contributed by atoms with Gasteiger partial charge in [0, 0.05) is 31.6 Å². The van der Waals surface area contributed by atoms with E-state index in [1.54, 1.807) is 19.2 Å². The average molecular weight is 558 g/mol. The van der Waals surface area contributed by atoms with Crippen molar-refractivity contribution in [2.75, 3.05) is 20.7 Å². The van der Waals surface area contributed by atoms with Crippen LogP contribution < -0.4 is 10.1 Å². The Hall–Kier alpha value is -1.60. The zero-order valence-electron chi connectivity index (χ0n) is 17.2. The van der Waals surface area contributed by atoms with E-state index in [4.69, 9.17) is 4.74 Å². The minimum absolute atomic E-state index is 0. The summed E-state index contributed by atoms with van der Waals surface area (Å²) >= 11 is 1.52. The summed E-state index contributed by atoms with van der Waals surface area (Å²) in [6.07, 6.45) is -4.82. The van der Waals surface area contributed by atoms with Gasteiger partial charge in [-0.1, -0.05) is 18.2 Å². The first kappa shape index (κ1) is 26.4. The monoisotopic (exact) mass is 558 g/mol. The summed E-state index contributed by atoms with van der Waals surface area (Å²) in [5, 5.41) is 5.99. The summed E-state index contributed by atoms with van der Waals surface area (Å²) in [4.78, 5) is 10.9. The molecular formula is C19H26F3IN4O2S. The van der Waals surface area contributed by atoms with Crippen molar-refractivity contribution in [3.05, 3.63) is 45.9 Å². The number of alkyl halides is 3. The number of para-hydroxylation sites is 1. The van der Waals surface area contributed by atoms with E-state index in [0.29, 0.717) is 24.6 Å². The Labute approximate surface area is 195 Å². The smallest absolute Gasteiger partial charge is 0.405 e. The maximum absolute atomic E-state index is 12.6. The van der Waals surface area contributed by atoms with Crippen LogP contribution in [0.2, 0.25) is 0 Å². The Morgan fingerprint density at radius 1 is 1.33 bits per heavy atom. The van der Waals surface area contributed by atoms with Gasteiger partial charge in [-0.15, -0.1) is 48.5 Å². The molecule has 30 heavy (non-hydrogen) atoms. The van der Waals surface area contributed by atoms with Crippen molar-refractivity contribution in [2.24, 2.45) is 4.99 Å². The number of nitrogens with one attached hydrogen (secondary N) is 1. The predicted molar refractivity (Wildman–Crippen MR) is 122 cm³/mol. The van der Waals surface area contributed by atoms with Crippen molar-refractivity contribution < 1.29 is 22.6 Å². The van der Waals surface area contributed by atoms with Crippen molar-refractivity contribution in [1.82, 2.24) is 15.2 Å². The molecule has 0 spiro atoms. The van der Waals surface area contributed by atoms with Gasteiger partial charge in [-0.2, -0.15) is 0 Å². The van der Waals surface area contributed by atoms with Gasteiger partial charge in [0.25, 0.3) is 0 Å². The largest absolute Gasteiger partial charge is 0.573 e. The third kappa shape index (κ3) is 8.26. The SMILES string of the molecule is CCNC(=NCc1ccccc1OC(F)(F)F)N(C)Cc1csc(C(C)OC)n1.I. The summed E-state index contributed by atoms with van der Waals surface area (Å²) in [5.74, 6) is 0.309. The number of ether oxygens (including phenoxy) is 2. The molecule has 0 aliphatic rings. The van der Waals surface area contributed by atoms with Crippen LogP contribution >= 0.6 is 35.3 Å². The summed E-state index contributed by atoms with van der Waals surface area (Å²) < 4.78 is 47.2. The van der Waals surface area contributed by atoms with E-state index < -0.39 is 6.36 Å². The molecule has 0 radical (unpaired) electrons. The lowest BCUT2D eigenvalue weighted by molar-refractivity contribution is -0.274. The predicted octanol–water partition coefficient (Wildman–Crippen LogP) is 4.96. The highest BCUT2D eigenvalue weighted by Gasteiger charge is 2.31. The van der Waals surface area contributed by atoms with Crippen LogP contribution in [0.3, 0.4) is 0 Å². The highest BCUT2D eigenvalue weighted by Crippen LogP contribution is 2.27. The van der Waals surface area contributed by atoms with Crippen LogP contribution in [0, 0.1) is 0 Å². The fourth-order valence-corrected chi connectivity index (χ4v) is 3.33. The third-order valence-corrected chi connectivity index (χ3v) is 5.02. The number of hydrogen-bond acceptors (Lipinski definition) is 5. The number of aromatic nitrogens is 1. The Bertz CT molecular complexity index is 817. The minimum atomic E-state index is -4.75. The van der Waals surface area contributed by atoms with E-state index in [2.05, 4.69) is 20.0 Å². The Morgan fingerprint density at radius 2 is 2.03 bits per heavy atom. The number of nitrogens with zero attached hydrogens (tertiary/aromatic N) is 3. The van der Waals surface area contributed by atoms with Crippen molar-refractivity contribution in [1.29, 1.82) is 0 Å². The van der Waals surface area contributed by atoms with Gasteiger partial charge in [-0.05, 0) is 19.9 Å². The number of aliphatic imine (C=N–C) groups is 1. The molecule has 0 amide bonds. The highest BCUT2D eigenvalue weighted by atomic mass is 127. The Morgan fingerprint density at radius 3 is 2.67 bits per heavy atom. The second kappa shape index (κ2) is 12.3. The van der Waals surface area contributed by atoms with Gasteiger partial charge in [-0.25, -0.2) is 9.98 Å².